The van der Waals surface area contributed by atoms with E-state index < -0.39 is 23.3 Å². The predicted molar refractivity (Wildman–Crippen MR) is 140 cm³/mol. The number of nitrogens with zero attached hydrogens (tertiary/aromatic N) is 3. The van der Waals surface area contributed by atoms with E-state index in [0.717, 1.165) is 37.0 Å². The van der Waals surface area contributed by atoms with Gasteiger partial charge in [0.05, 0.1) is 5.56 Å². The van der Waals surface area contributed by atoms with Crippen LogP contribution in [-0.2, 0) is 30.4 Å². The molecule has 4 rings (SSSR count). The first-order valence-electron chi connectivity index (χ1n) is 13.2. The Morgan fingerprint density at radius 3 is 2.49 bits per heavy atom. The van der Waals surface area contributed by atoms with Gasteiger partial charge in [-0.2, -0.15) is 18.2 Å². The zero-order valence-corrected chi connectivity index (χ0v) is 22.2. The minimum Gasteiger partial charge on any atom is -0.478 e. The molecule has 1 aliphatic carbocycles. The van der Waals surface area contributed by atoms with Crippen LogP contribution in [0.25, 0.3) is 0 Å². The molecule has 0 spiro atoms. The molecule has 39 heavy (non-hydrogen) atoms. The van der Waals surface area contributed by atoms with Crippen molar-refractivity contribution >= 4 is 11.9 Å². The molecule has 1 aromatic heterocycles. The van der Waals surface area contributed by atoms with E-state index in [9.17, 15) is 23.1 Å². The molecule has 3 aromatic rings. The molecule has 0 radical (unpaired) electrons. The summed E-state index contributed by atoms with van der Waals surface area (Å²) in [5.41, 5.74) is -0.370. The van der Waals surface area contributed by atoms with Gasteiger partial charge in [-0.15, -0.1) is 0 Å². The molecule has 0 unspecified atom stereocenters. The second-order valence-corrected chi connectivity index (χ2v) is 10.6. The summed E-state index contributed by atoms with van der Waals surface area (Å²) in [7, 11) is 0. The maximum Gasteiger partial charge on any atom is 0.416 e. The number of carbonyl (C=O) groups is 1. The van der Waals surface area contributed by atoms with Crippen LogP contribution < -0.4 is 9.64 Å². The highest BCUT2D eigenvalue weighted by molar-refractivity contribution is 5.76. The predicted octanol–water partition coefficient (Wildman–Crippen LogP) is 6.70. The highest BCUT2D eigenvalue weighted by Crippen LogP contribution is 2.30. The molecule has 0 bridgehead atoms. The maximum absolute atomic E-state index is 13.0. The van der Waals surface area contributed by atoms with E-state index in [2.05, 4.69) is 10.1 Å². The summed E-state index contributed by atoms with van der Waals surface area (Å²) in [6, 6.07) is 12.4. The van der Waals surface area contributed by atoms with Crippen LogP contribution in [-0.4, -0.2) is 33.4 Å². The zero-order valence-electron chi connectivity index (χ0n) is 22.2. The molecular formula is C29H34F3N3O4. The average molecular weight is 546 g/mol. The van der Waals surface area contributed by atoms with Crippen LogP contribution in [0.15, 0.2) is 53.1 Å². The molecule has 1 fully saturated rings. The second kappa shape index (κ2) is 12.1. The summed E-state index contributed by atoms with van der Waals surface area (Å²) in [5.74, 6) is 0.959. The van der Waals surface area contributed by atoms with Gasteiger partial charge in [-0.25, -0.2) is 4.79 Å². The van der Waals surface area contributed by atoms with Crippen molar-refractivity contribution in [3.8, 4) is 5.75 Å². The van der Waals surface area contributed by atoms with E-state index in [1.807, 2.05) is 23.1 Å². The molecule has 0 aliphatic heterocycles. The highest BCUT2D eigenvalue weighted by Gasteiger charge is 2.30. The van der Waals surface area contributed by atoms with Gasteiger partial charge in [0.2, 0.25) is 5.89 Å². The van der Waals surface area contributed by atoms with E-state index in [0.29, 0.717) is 55.0 Å². The summed E-state index contributed by atoms with van der Waals surface area (Å²) >= 11 is 0. The number of hydrogen-bond acceptors (Lipinski definition) is 6. The van der Waals surface area contributed by atoms with Crippen LogP contribution in [0.5, 0.6) is 5.75 Å². The number of aromatic nitrogens is 2. The number of rotatable bonds is 12. The van der Waals surface area contributed by atoms with Crippen molar-refractivity contribution in [2.45, 2.75) is 77.1 Å². The minimum atomic E-state index is -4.39. The lowest BCUT2D eigenvalue weighted by atomic mass is 10.0. The fraction of sp³-hybridized carbons (Fsp3) is 0.483. The zero-order chi connectivity index (χ0) is 28.0. The molecule has 0 amide bonds. The quantitative estimate of drug-likeness (QED) is 0.271. The fourth-order valence-corrected chi connectivity index (χ4v) is 4.76. The van der Waals surface area contributed by atoms with Crippen LogP contribution in [0, 0.1) is 5.92 Å². The minimum absolute atomic E-state index is 0.330. The Balaban J connectivity index is 1.44. The van der Waals surface area contributed by atoms with Crippen molar-refractivity contribution in [1.82, 2.24) is 10.1 Å². The number of aliphatic carboxylic acids is 1. The molecule has 210 valence electrons. The molecule has 10 heteroatoms. The van der Waals surface area contributed by atoms with E-state index in [-0.39, 0.29) is 0 Å². The Kier molecular flexibility index (Phi) is 8.82. The van der Waals surface area contributed by atoms with Crippen LogP contribution >= 0.6 is 0 Å². The Hall–Kier alpha value is -3.56. The van der Waals surface area contributed by atoms with Gasteiger partial charge >= 0.3 is 12.1 Å². The van der Waals surface area contributed by atoms with Gasteiger partial charge in [0.1, 0.15) is 5.75 Å². The van der Waals surface area contributed by atoms with Crippen LogP contribution in [0.3, 0.4) is 0 Å². The molecule has 1 N–H and O–H groups in total. The van der Waals surface area contributed by atoms with Crippen molar-refractivity contribution in [1.29, 1.82) is 0 Å². The third-order valence-electron chi connectivity index (χ3n) is 7.01. The molecule has 1 aliphatic rings. The Bertz CT molecular complexity index is 1240. The van der Waals surface area contributed by atoms with Crippen molar-refractivity contribution in [3.05, 3.63) is 71.1 Å². The summed E-state index contributed by atoms with van der Waals surface area (Å²) < 4.78 is 50.3. The summed E-state index contributed by atoms with van der Waals surface area (Å²) in [5, 5.41) is 13.5. The van der Waals surface area contributed by atoms with Gasteiger partial charge in [0.25, 0.3) is 5.95 Å². The number of aryl methyl sites for hydroxylation is 1. The third-order valence-corrected chi connectivity index (χ3v) is 7.01. The molecule has 1 saturated carbocycles. The Labute approximate surface area is 226 Å². The largest absolute Gasteiger partial charge is 0.478 e. The summed E-state index contributed by atoms with van der Waals surface area (Å²) in [4.78, 5) is 17.9. The van der Waals surface area contributed by atoms with Crippen LogP contribution in [0.1, 0.15) is 68.5 Å². The SMILES string of the molecule is CC(C)(Oc1cccc(CCCN(Cc2ccc(C(F)(F)F)cc2)c2noc(CC3CCCC3)n2)c1)C(=O)O. The van der Waals surface area contributed by atoms with E-state index in [1.165, 1.54) is 38.8 Å². The number of ether oxygens (including phenoxy) is 1. The highest BCUT2D eigenvalue weighted by atomic mass is 19.4. The molecule has 7 nitrogen and oxygen atoms in total. The van der Waals surface area contributed by atoms with Gasteiger partial charge in [0, 0.05) is 19.5 Å². The number of hydrogen-bond donors (Lipinski definition) is 1. The lowest BCUT2D eigenvalue weighted by molar-refractivity contribution is -0.152. The smallest absolute Gasteiger partial charge is 0.416 e. The summed E-state index contributed by atoms with van der Waals surface area (Å²) in [6.07, 6.45) is 2.44. The second-order valence-electron chi connectivity index (χ2n) is 10.6. The number of benzene rings is 2. The lowest BCUT2D eigenvalue weighted by Crippen LogP contribution is -2.37. The van der Waals surface area contributed by atoms with Gasteiger partial charge < -0.3 is 19.3 Å². The maximum atomic E-state index is 13.0. The molecule has 1 heterocycles. The number of halogens is 3. The Morgan fingerprint density at radius 1 is 1.10 bits per heavy atom. The summed E-state index contributed by atoms with van der Waals surface area (Å²) in [6.45, 7) is 3.85. The standard InChI is InChI=1S/C29H34F3N3O4/c1-28(2,26(36)37)38-24-11-5-9-20(17-24)10-6-16-35(19-22-12-14-23(15-13-22)29(30,31)32)27-33-25(39-34-27)18-21-7-3-4-8-21/h5,9,11-15,17,21H,3-4,6-8,10,16,18-19H2,1-2H3,(H,36,37). The molecule has 0 atom stereocenters. The van der Waals surface area contributed by atoms with Crippen molar-refractivity contribution in [2.24, 2.45) is 5.92 Å². The lowest BCUT2D eigenvalue weighted by Gasteiger charge is -2.22. The molecule has 2 aromatic carbocycles. The fourth-order valence-electron chi connectivity index (χ4n) is 4.76. The van der Waals surface area contributed by atoms with Crippen molar-refractivity contribution < 1.29 is 32.3 Å². The van der Waals surface area contributed by atoms with E-state index in [4.69, 9.17) is 9.26 Å². The first kappa shape index (κ1) is 28.4. The third kappa shape index (κ3) is 7.97. The van der Waals surface area contributed by atoms with Crippen molar-refractivity contribution in [2.75, 3.05) is 11.4 Å². The first-order valence-corrected chi connectivity index (χ1v) is 13.2. The number of anilines is 1. The van der Waals surface area contributed by atoms with E-state index >= 15 is 0 Å². The number of alkyl halides is 3. The van der Waals surface area contributed by atoms with Crippen molar-refractivity contribution in [3.63, 3.8) is 0 Å². The topological polar surface area (TPSA) is 88.7 Å². The van der Waals surface area contributed by atoms with Crippen LogP contribution in [0.4, 0.5) is 19.1 Å². The van der Waals surface area contributed by atoms with Gasteiger partial charge in [0.15, 0.2) is 5.60 Å². The normalized spacial score (nSPS) is 14.5. The molecular weight excluding hydrogens is 511 g/mol. The van der Waals surface area contributed by atoms with Gasteiger partial charge in [-0.05, 0) is 86.0 Å². The number of carboxylic acids is 1. The van der Waals surface area contributed by atoms with Gasteiger partial charge in [-0.1, -0.05) is 37.1 Å². The average Bonchev–Trinajstić information content (AvgIpc) is 3.56. The Morgan fingerprint density at radius 2 is 1.82 bits per heavy atom. The van der Waals surface area contributed by atoms with Gasteiger partial charge in [-0.3, -0.25) is 0 Å². The monoisotopic (exact) mass is 545 g/mol. The molecule has 0 saturated heterocycles. The number of carboxylic acid groups (broad SMARTS) is 1. The van der Waals surface area contributed by atoms with Crippen LogP contribution in [0.2, 0.25) is 0 Å². The van der Waals surface area contributed by atoms with E-state index in [1.54, 1.807) is 6.07 Å². The first-order chi connectivity index (χ1) is 18.5.